The van der Waals surface area contributed by atoms with Crippen molar-refractivity contribution in [3.05, 3.63) is 76.1 Å². The average molecular weight is 658 g/mol. The van der Waals surface area contributed by atoms with Crippen LogP contribution in [0.15, 0.2) is 48.7 Å². The van der Waals surface area contributed by atoms with Gasteiger partial charge in [-0.25, -0.2) is 4.79 Å². The van der Waals surface area contributed by atoms with E-state index in [1.807, 2.05) is 36.5 Å². The van der Waals surface area contributed by atoms with Crippen LogP contribution in [0.4, 0.5) is 11.4 Å². The molecule has 1 saturated carbocycles. The monoisotopic (exact) mass is 657 g/mol. The lowest BCUT2D eigenvalue weighted by molar-refractivity contribution is -0.144. The fourth-order valence-corrected chi connectivity index (χ4v) is 9.33. The van der Waals surface area contributed by atoms with Gasteiger partial charge in [-0.15, -0.1) is 0 Å². The van der Waals surface area contributed by atoms with Gasteiger partial charge in [-0.2, -0.15) is 0 Å². The second kappa shape index (κ2) is 12.9. The Labute approximate surface area is 284 Å². The van der Waals surface area contributed by atoms with Crippen LogP contribution in [0.2, 0.25) is 5.02 Å². The predicted molar refractivity (Wildman–Crippen MR) is 187 cm³/mol. The Kier molecular flexibility index (Phi) is 8.79. The Morgan fingerprint density at radius 2 is 2.02 bits per heavy atom. The number of aryl methyl sites for hydroxylation is 1. The minimum Gasteiger partial charge on any atom is -0.493 e. The van der Waals surface area contributed by atoms with E-state index in [0.717, 1.165) is 74.6 Å². The summed E-state index contributed by atoms with van der Waals surface area (Å²) < 4.78 is 12.8. The van der Waals surface area contributed by atoms with Gasteiger partial charge in [0.2, 0.25) is 0 Å². The third kappa shape index (κ3) is 6.05. The highest BCUT2D eigenvalue weighted by Gasteiger charge is 2.54. The van der Waals surface area contributed by atoms with Crippen LogP contribution in [-0.4, -0.2) is 48.4 Å². The molecule has 0 amide bonds. The van der Waals surface area contributed by atoms with E-state index in [4.69, 9.17) is 21.1 Å². The van der Waals surface area contributed by atoms with Crippen molar-refractivity contribution >= 4 is 28.9 Å². The molecule has 0 bridgehead atoms. The number of aliphatic carboxylic acids is 1. The van der Waals surface area contributed by atoms with Crippen molar-refractivity contribution in [1.29, 1.82) is 0 Å². The lowest BCUT2D eigenvalue weighted by atomic mass is 9.59. The highest BCUT2D eigenvalue weighted by atomic mass is 35.5. The molecule has 2 N–H and O–H groups in total. The maximum Gasteiger partial charge on any atom is 0.329 e. The molecule has 3 atom stereocenters. The summed E-state index contributed by atoms with van der Waals surface area (Å²) in [4.78, 5) is 19.9. The SMILES string of the molecule is C[C@@H](COc1ccnc2c1[C@H](C)CCC2)C[C@H]1Cc2cc3c(cc2C12CCC(Nc1cccc(Cl)c1)(C(=O)O)CC2)N(C)CCCO3. The predicted octanol–water partition coefficient (Wildman–Crippen LogP) is 8.42. The number of anilines is 2. The van der Waals surface area contributed by atoms with E-state index >= 15 is 0 Å². The molecule has 8 heteroatoms. The molecule has 1 spiro atoms. The molecule has 0 radical (unpaired) electrons. The zero-order chi connectivity index (χ0) is 32.8. The zero-order valence-electron chi connectivity index (χ0n) is 28.0. The van der Waals surface area contributed by atoms with Crippen LogP contribution >= 0.6 is 11.6 Å². The van der Waals surface area contributed by atoms with Gasteiger partial charge < -0.3 is 24.8 Å². The Balaban J connectivity index is 1.16. The molecule has 1 fully saturated rings. The number of ether oxygens (including phenoxy) is 2. The molecule has 1 aliphatic heterocycles. The first-order chi connectivity index (χ1) is 22.7. The number of carbonyl (C=O) groups is 1. The number of nitrogens with one attached hydrogen (secondary N) is 1. The van der Waals surface area contributed by atoms with Crippen molar-refractivity contribution in [1.82, 2.24) is 4.98 Å². The minimum atomic E-state index is -1.04. The Hall–Kier alpha value is -3.45. The van der Waals surface area contributed by atoms with Gasteiger partial charge in [-0.3, -0.25) is 4.98 Å². The summed E-state index contributed by atoms with van der Waals surface area (Å²) in [7, 11) is 2.16. The average Bonchev–Trinajstić information content (AvgIpc) is 3.20. The largest absolute Gasteiger partial charge is 0.493 e. The number of hydrogen-bond acceptors (Lipinski definition) is 6. The van der Waals surface area contributed by atoms with E-state index in [1.54, 1.807) is 0 Å². The first-order valence-electron chi connectivity index (χ1n) is 17.6. The van der Waals surface area contributed by atoms with Crippen molar-refractivity contribution in [2.45, 2.75) is 94.9 Å². The number of halogens is 1. The van der Waals surface area contributed by atoms with Gasteiger partial charge in [0.05, 0.1) is 18.9 Å². The van der Waals surface area contributed by atoms with E-state index in [0.29, 0.717) is 42.2 Å². The van der Waals surface area contributed by atoms with Crippen LogP contribution in [-0.2, 0) is 23.1 Å². The second-order valence-corrected chi connectivity index (χ2v) is 15.2. The molecular formula is C39H48ClN3O4. The van der Waals surface area contributed by atoms with Crippen molar-refractivity contribution in [2.75, 3.05) is 37.0 Å². The number of hydrogen-bond donors (Lipinski definition) is 2. The standard InChI is InChI=1S/C39H48ClN3O4/c1-25(24-47-34-11-16-41-32-10-4-7-26(2)36(32)34)19-28-20-27-21-35-33(43(3)17-6-18-46-35)23-31(27)38(28)12-14-39(15-13-38,37(44)45)42-30-9-5-8-29(40)22-30/h5,8-9,11,16,21-23,25-26,28,42H,4,6-7,10,12-15,17-20,24H2,1-3H3,(H,44,45)/t25-,26-,28+,38?,39?/m1/s1. The van der Waals surface area contributed by atoms with Gasteiger partial charge in [-0.05, 0) is 135 Å². The molecule has 7 nitrogen and oxygen atoms in total. The molecule has 47 heavy (non-hydrogen) atoms. The summed E-state index contributed by atoms with van der Waals surface area (Å²) >= 11 is 6.28. The first-order valence-corrected chi connectivity index (χ1v) is 17.9. The highest BCUT2D eigenvalue weighted by Crippen LogP contribution is 2.58. The molecule has 2 heterocycles. The highest BCUT2D eigenvalue weighted by molar-refractivity contribution is 6.30. The summed E-state index contributed by atoms with van der Waals surface area (Å²) in [5.74, 6) is 2.37. The van der Waals surface area contributed by atoms with Crippen molar-refractivity contribution < 1.29 is 19.4 Å². The number of nitrogens with zero attached hydrogens (tertiary/aromatic N) is 2. The van der Waals surface area contributed by atoms with E-state index in [-0.39, 0.29) is 5.41 Å². The van der Waals surface area contributed by atoms with Gasteiger partial charge in [0.1, 0.15) is 17.0 Å². The topological polar surface area (TPSA) is 83.9 Å². The van der Waals surface area contributed by atoms with Gasteiger partial charge in [0.15, 0.2) is 0 Å². The maximum absolute atomic E-state index is 13.0. The lowest BCUT2D eigenvalue weighted by Gasteiger charge is -2.47. The number of pyridine rings is 1. The normalized spacial score (nSPS) is 27.2. The Bertz CT molecular complexity index is 1630. The van der Waals surface area contributed by atoms with E-state index < -0.39 is 11.5 Å². The summed E-state index contributed by atoms with van der Waals surface area (Å²) in [6.45, 7) is 6.95. The number of rotatable bonds is 8. The first kappa shape index (κ1) is 32.1. The third-order valence-electron chi connectivity index (χ3n) is 11.7. The van der Waals surface area contributed by atoms with Crippen LogP contribution in [0, 0.1) is 11.8 Å². The summed E-state index contributed by atoms with van der Waals surface area (Å²) in [5.41, 5.74) is 6.01. The number of fused-ring (bicyclic) bond motifs is 4. The quantitative estimate of drug-likeness (QED) is 0.252. The van der Waals surface area contributed by atoms with E-state index in [2.05, 4.69) is 48.2 Å². The second-order valence-electron chi connectivity index (χ2n) is 14.8. The van der Waals surface area contributed by atoms with Gasteiger partial charge >= 0.3 is 5.97 Å². The minimum absolute atomic E-state index is 0.106. The molecule has 0 saturated heterocycles. The lowest BCUT2D eigenvalue weighted by Crippen LogP contribution is -2.53. The van der Waals surface area contributed by atoms with Crippen LogP contribution in [0.1, 0.15) is 93.5 Å². The maximum atomic E-state index is 13.0. The zero-order valence-corrected chi connectivity index (χ0v) is 28.7. The van der Waals surface area contributed by atoms with E-state index in [1.165, 1.54) is 35.2 Å². The van der Waals surface area contributed by atoms with Crippen molar-refractivity contribution in [3.8, 4) is 11.5 Å². The Morgan fingerprint density at radius 1 is 1.19 bits per heavy atom. The summed E-state index contributed by atoms with van der Waals surface area (Å²) in [6, 6.07) is 14.1. The molecule has 0 unspecified atom stereocenters. The van der Waals surface area contributed by atoms with Crippen LogP contribution in [0.3, 0.4) is 0 Å². The van der Waals surface area contributed by atoms with Crippen molar-refractivity contribution in [3.63, 3.8) is 0 Å². The molecule has 2 aromatic carbocycles. The fourth-order valence-electron chi connectivity index (χ4n) is 9.14. The van der Waals surface area contributed by atoms with E-state index in [9.17, 15) is 9.90 Å². The van der Waals surface area contributed by atoms with Gasteiger partial charge in [0.25, 0.3) is 0 Å². The molecular weight excluding hydrogens is 610 g/mol. The number of benzene rings is 2. The van der Waals surface area contributed by atoms with Crippen LogP contribution < -0.4 is 19.7 Å². The van der Waals surface area contributed by atoms with Gasteiger partial charge in [-0.1, -0.05) is 31.5 Å². The summed E-state index contributed by atoms with van der Waals surface area (Å²) in [6.07, 6.45) is 11.0. The molecule has 4 aliphatic rings. The number of carboxylic acid groups (broad SMARTS) is 1. The smallest absolute Gasteiger partial charge is 0.329 e. The fraction of sp³-hybridized carbons (Fsp3) is 0.538. The molecule has 7 rings (SSSR count). The number of carboxylic acids is 1. The third-order valence-corrected chi connectivity index (χ3v) is 11.9. The van der Waals surface area contributed by atoms with Crippen LogP contribution in [0.5, 0.6) is 11.5 Å². The molecule has 250 valence electrons. The summed E-state index contributed by atoms with van der Waals surface area (Å²) in [5, 5.41) is 14.6. The molecule has 3 aliphatic carbocycles. The molecule has 3 aromatic rings. The number of aromatic nitrogens is 1. The van der Waals surface area contributed by atoms with Crippen LogP contribution in [0.25, 0.3) is 0 Å². The van der Waals surface area contributed by atoms with Gasteiger partial charge in [0, 0.05) is 41.8 Å². The van der Waals surface area contributed by atoms with Crippen molar-refractivity contribution in [2.24, 2.45) is 11.8 Å². The molecule has 1 aromatic heterocycles. The Morgan fingerprint density at radius 3 is 2.81 bits per heavy atom.